The third kappa shape index (κ3) is 9.13. The van der Waals surface area contributed by atoms with Crippen LogP contribution in [0.1, 0.15) is 0 Å². The van der Waals surface area contributed by atoms with Crippen molar-refractivity contribution in [3.63, 3.8) is 0 Å². The average molecular weight is 293 g/mol. The third-order valence-corrected chi connectivity index (χ3v) is 0. The van der Waals surface area contributed by atoms with Crippen molar-refractivity contribution in [3.8, 4) is 0 Å². The Labute approximate surface area is 114 Å². The molecule has 0 N–H and O–H groups in total. The summed E-state index contributed by atoms with van der Waals surface area (Å²) < 4.78 is 8.25. The zero-order chi connectivity index (χ0) is 2.00. The monoisotopic (exact) mass is 294 g/mol. The van der Waals surface area contributed by atoms with Crippen LogP contribution in [-0.2, 0) is 23.7 Å². The van der Waals surface area contributed by atoms with Crippen LogP contribution in [0, 0.1) is 0 Å². The van der Waals surface area contributed by atoms with E-state index in [0.717, 1.165) is 20.4 Å². The van der Waals surface area contributed by atoms with E-state index in [-0.39, 0.29) is 94.4 Å². The first-order valence-corrected chi connectivity index (χ1v) is 0.842. The molecule has 0 aliphatic rings. The van der Waals surface area contributed by atoms with Crippen LogP contribution in [0.3, 0.4) is 0 Å². The Morgan fingerprint density at radius 3 is 1.25 bits per heavy atom. The molecule has 0 aliphatic heterocycles. The molecule has 0 amide bonds. The number of hydrogen-bond acceptors (Lipinski definition) is 1. The molecule has 0 heterocycles. The summed E-state index contributed by atoms with van der Waals surface area (Å²) in [5, 5.41) is 0. The topological polar surface area (TPSA) is 17.1 Å². The molecule has 0 atom stereocenters. The van der Waals surface area contributed by atoms with Crippen LogP contribution in [0.25, 0.3) is 0 Å². The molecule has 4 heteroatoms. The fourth-order valence-electron chi connectivity index (χ4n) is 0. The Morgan fingerprint density at radius 2 is 1.25 bits per heavy atom. The van der Waals surface area contributed by atoms with Crippen LogP contribution in [0.2, 0.25) is 0 Å². The van der Waals surface area contributed by atoms with Crippen molar-refractivity contribution in [3.05, 3.63) is 0 Å². The van der Waals surface area contributed by atoms with Gasteiger partial charge in [0.25, 0.3) is 0 Å². The summed E-state index contributed by atoms with van der Waals surface area (Å²) in [6.07, 6.45) is 0. The van der Waals surface area contributed by atoms with E-state index in [2.05, 4.69) is 0 Å². The van der Waals surface area contributed by atoms with Gasteiger partial charge in [0.2, 0.25) is 0 Å². The van der Waals surface area contributed by atoms with Crippen LogP contribution >= 0.6 is 0 Å². The summed E-state index contributed by atoms with van der Waals surface area (Å²) in [5.41, 5.74) is 0. The first-order chi connectivity index (χ1) is 1.00. The number of hydrogen-bond donors (Lipinski definition) is 0. The Hall–Kier alpha value is 3.57. The fourth-order valence-corrected chi connectivity index (χ4v) is 0. The summed E-state index contributed by atoms with van der Waals surface area (Å²) in [4.78, 5) is 0. The first kappa shape index (κ1) is 15.6. The minimum absolute atomic E-state index is 0. The van der Waals surface area contributed by atoms with Gasteiger partial charge in [-0.1, -0.05) is 0 Å². The Morgan fingerprint density at radius 1 is 1.25 bits per heavy atom. The zero-order valence-corrected chi connectivity index (χ0v) is 2.47. The van der Waals surface area contributed by atoms with Gasteiger partial charge in [-0.3, -0.25) is 0 Å². The Balaban J connectivity index is -0.00000000500. The molecule has 0 aromatic rings. The second kappa shape index (κ2) is 16.0. The molecule has 0 aromatic heterocycles. The van der Waals surface area contributed by atoms with Gasteiger partial charge in [0, 0.05) is 0 Å². The average Bonchev–Trinajstić information content (AvgIpc) is 1.00. The van der Waals surface area contributed by atoms with E-state index in [1.165, 1.54) is 0 Å². The predicted molar refractivity (Wildman–Crippen MR) is 17.8 cm³/mol. The van der Waals surface area contributed by atoms with Crippen LogP contribution in [0.4, 0.5) is 0 Å². The molecule has 0 fully saturated rings. The second-order valence-electron chi connectivity index (χ2n) is 0. The van der Waals surface area contributed by atoms with Crippen LogP contribution in [0.5, 0.6) is 0 Å². The van der Waals surface area contributed by atoms with E-state index in [1.807, 2.05) is 0 Å². The quantitative estimate of drug-likeness (QED) is 0.474. The van der Waals surface area contributed by atoms with Crippen LogP contribution in [0.15, 0.2) is 0 Å². The van der Waals surface area contributed by atoms with Gasteiger partial charge in [-0.15, -0.1) is 0 Å². The molecule has 0 unspecified atom stereocenters. The molecule has 0 aliphatic carbocycles. The van der Waals surface area contributed by atoms with Gasteiger partial charge in [0.15, 0.2) is 0 Å². The molecule has 0 spiro atoms. The van der Waals surface area contributed by atoms with Crippen molar-refractivity contribution >= 4 is 94.4 Å². The second-order valence-corrected chi connectivity index (χ2v) is 0. The van der Waals surface area contributed by atoms with Gasteiger partial charge in [-0.25, -0.2) is 0 Å². The summed E-state index contributed by atoms with van der Waals surface area (Å²) in [7, 11) is 0. The van der Waals surface area contributed by atoms with Gasteiger partial charge in [0.05, 0.1) is 0 Å². The van der Waals surface area contributed by atoms with Crippen molar-refractivity contribution in [2.75, 3.05) is 0 Å². The third-order valence-electron chi connectivity index (χ3n) is 0. The molecule has 1 nitrogen and oxygen atoms in total. The molecule has 0 saturated heterocycles. The van der Waals surface area contributed by atoms with E-state index in [1.54, 1.807) is 0 Å². The van der Waals surface area contributed by atoms with Gasteiger partial charge in [0.1, 0.15) is 0 Å². The van der Waals surface area contributed by atoms with Gasteiger partial charge < -0.3 is 0 Å². The predicted octanol–water partition coefficient (Wildman–Crippen LogP) is -1.95. The molecule has 0 rings (SSSR count). The molecule has 4 heavy (non-hydrogen) atoms. The summed E-state index contributed by atoms with van der Waals surface area (Å²) >= 11 is 0.750. The molecule has 0 radical (unpaired) electrons. The van der Waals surface area contributed by atoms with E-state index >= 15 is 0 Å². The fraction of sp³-hybridized carbons (Fsp3) is 0. The molecular formula is H4BaOSrTi. The van der Waals surface area contributed by atoms with Crippen molar-refractivity contribution < 1.29 is 23.7 Å². The van der Waals surface area contributed by atoms with Crippen molar-refractivity contribution in [1.29, 1.82) is 0 Å². The van der Waals surface area contributed by atoms with Crippen molar-refractivity contribution in [1.82, 2.24) is 0 Å². The normalized spacial score (nSPS) is 0.750. The molecule has 0 aromatic carbocycles. The maximum atomic E-state index is 8.25. The minimum atomic E-state index is 0. The van der Waals surface area contributed by atoms with Crippen molar-refractivity contribution in [2.45, 2.75) is 0 Å². The first-order valence-electron chi connectivity index (χ1n) is 0.204. The summed E-state index contributed by atoms with van der Waals surface area (Å²) in [6, 6.07) is 0. The van der Waals surface area contributed by atoms with E-state index < -0.39 is 0 Å². The molecular weight excluding hydrogens is 289 g/mol. The Kier molecular flexibility index (Phi) is 62.6. The van der Waals surface area contributed by atoms with E-state index in [4.69, 9.17) is 3.32 Å². The van der Waals surface area contributed by atoms with Gasteiger partial charge in [-0.05, 0) is 0 Å². The van der Waals surface area contributed by atoms with E-state index in [9.17, 15) is 0 Å². The van der Waals surface area contributed by atoms with Gasteiger partial charge in [-0.2, -0.15) is 0 Å². The molecule has 0 bridgehead atoms. The van der Waals surface area contributed by atoms with Crippen LogP contribution < -0.4 is 0 Å². The molecule has 0 saturated carbocycles. The summed E-state index contributed by atoms with van der Waals surface area (Å²) in [5.74, 6) is 0. The SMILES string of the molecule is [BaH2].[O]=[Ti].[SrH2]. The number of rotatable bonds is 0. The Bertz CT molecular complexity index is 8.00. The van der Waals surface area contributed by atoms with Gasteiger partial charge >= 0.3 is 118 Å². The van der Waals surface area contributed by atoms with E-state index in [0.29, 0.717) is 0 Å². The molecule has 18 valence electrons. The standard InChI is InChI=1S/Ba.O.Sr.Ti.4H. The van der Waals surface area contributed by atoms with Crippen molar-refractivity contribution in [2.24, 2.45) is 0 Å². The van der Waals surface area contributed by atoms with Crippen LogP contribution in [-0.4, -0.2) is 94.4 Å². The summed E-state index contributed by atoms with van der Waals surface area (Å²) in [6.45, 7) is 0. The maximum absolute atomic E-state index is 8.25. The zero-order valence-electron chi connectivity index (χ0n) is 0.908.